The predicted octanol–water partition coefficient (Wildman–Crippen LogP) is 9.56. The van der Waals surface area contributed by atoms with Crippen molar-refractivity contribution in [3.05, 3.63) is 76.1 Å². The maximum atomic E-state index is 14.9. The highest BCUT2D eigenvalue weighted by atomic mass is 19.2. The monoisotopic (exact) mass is 468 g/mol. The molecule has 0 saturated heterocycles. The van der Waals surface area contributed by atoms with E-state index in [2.05, 4.69) is 19.1 Å². The Labute approximate surface area is 203 Å². The summed E-state index contributed by atoms with van der Waals surface area (Å²) in [5, 5.41) is 0. The molecule has 2 aliphatic rings. The molecule has 0 nitrogen and oxygen atoms in total. The number of hydrogen-bond acceptors (Lipinski definition) is 0. The molecule has 1 unspecified atom stereocenters. The van der Waals surface area contributed by atoms with Crippen molar-refractivity contribution in [1.82, 2.24) is 0 Å². The van der Waals surface area contributed by atoms with Crippen molar-refractivity contribution >= 4 is 5.57 Å². The Morgan fingerprint density at radius 1 is 0.794 bits per heavy atom. The second-order valence-corrected chi connectivity index (χ2v) is 10.5. The van der Waals surface area contributed by atoms with Crippen LogP contribution in [0.3, 0.4) is 0 Å². The molecule has 34 heavy (non-hydrogen) atoms. The summed E-state index contributed by atoms with van der Waals surface area (Å²) in [7, 11) is 0. The summed E-state index contributed by atoms with van der Waals surface area (Å²) in [6.07, 6.45) is 13.8. The summed E-state index contributed by atoms with van der Waals surface area (Å²) in [6.45, 7) is 4.17. The molecule has 1 saturated carbocycles. The number of hydrogen-bond donors (Lipinski definition) is 0. The number of allylic oxidation sites excluding steroid dienone is 2. The molecule has 1 fully saturated rings. The number of rotatable bonds is 8. The van der Waals surface area contributed by atoms with Crippen LogP contribution in [0.4, 0.5) is 13.2 Å². The fraction of sp³-hybridized carbons (Fsp3) is 0.548. The highest BCUT2D eigenvalue weighted by molar-refractivity contribution is 5.67. The van der Waals surface area contributed by atoms with Gasteiger partial charge in [0.15, 0.2) is 11.6 Å². The van der Waals surface area contributed by atoms with E-state index in [4.69, 9.17) is 0 Å². The lowest BCUT2D eigenvalue weighted by atomic mass is 9.76. The van der Waals surface area contributed by atoms with E-state index in [1.54, 1.807) is 18.2 Å². The fourth-order valence-corrected chi connectivity index (χ4v) is 6.08. The van der Waals surface area contributed by atoms with Crippen molar-refractivity contribution in [2.75, 3.05) is 0 Å². The first-order chi connectivity index (χ1) is 16.5. The van der Waals surface area contributed by atoms with Crippen LogP contribution in [-0.2, 0) is 12.8 Å². The second kappa shape index (κ2) is 11.6. The van der Waals surface area contributed by atoms with Crippen LogP contribution in [0.25, 0.3) is 5.57 Å². The van der Waals surface area contributed by atoms with Crippen LogP contribution < -0.4 is 0 Å². The van der Waals surface area contributed by atoms with Gasteiger partial charge in [0.05, 0.1) is 0 Å². The molecule has 0 N–H and O–H groups in total. The van der Waals surface area contributed by atoms with Gasteiger partial charge in [0.1, 0.15) is 5.82 Å². The van der Waals surface area contributed by atoms with Crippen molar-refractivity contribution < 1.29 is 13.2 Å². The maximum absolute atomic E-state index is 14.9. The molecule has 2 aromatic rings. The average Bonchev–Trinajstić information content (AvgIpc) is 2.86. The molecule has 0 spiro atoms. The van der Waals surface area contributed by atoms with Crippen LogP contribution in [0.1, 0.15) is 106 Å². The molecule has 0 aliphatic heterocycles. The third kappa shape index (κ3) is 5.78. The summed E-state index contributed by atoms with van der Waals surface area (Å²) in [4.78, 5) is 0. The van der Waals surface area contributed by atoms with E-state index in [0.29, 0.717) is 41.7 Å². The van der Waals surface area contributed by atoms with Gasteiger partial charge in [-0.25, -0.2) is 13.2 Å². The third-order valence-corrected chi connectivity index (χ3v) is 8.32. The van der Waals surface area contributed by atoms with Crippen molar-refractivity contribution in [2.24, 2.45) is 11.8 Å². The van der Waals surface area contributed by atoms with Crippen LogP contribution in [0.2, 0.25) is 0 Å². The smallest absolute Gasteiger partial charge is 0.166 e. The summed E-state index contributed by atoms with van der Waals surface area (Å²) >= 11 is 0. The Bertz CT molecular complexity index is 998. The minimum Gasteiger partial charge on any atom is -0.207 e. The molecule has 0 bridgehead atoms. The minimum absolute atomic E-state index is 0.0900. The average molecular weight is 469 g/mol. The van der Waals surface area contributed by atoms with Gasteiger partial charge in [-0.05, 0) is 110 Å². The third-order valence-electron chi connectivity index (χ3n) is 8.32. The molecule has 3 heteroatoms. The molecule has 184 valence electrons. The van der Waals surface area contributed by atoms with Gasteiger partial charge in [-0.1, -0.05) is 57.0 Å². The van der Waals surface area contributed by atoms with Crippen LogP contribution in [0.5, 0.6) is 0 Å². The lowest BCUT2D eigenvalue weighted by Gasteiger charge is -2.29. The second-order valence-electron chi connectivity index (χ2n) is 10.5. The van der Waals surface area contributed by atoms with Crippen molar-refractivity contribution in [2.45, 2.75) is 96.8 Å². The largest absolute Gasteiger partial charge is 0.207 e. The summed E-state index contributed by atoms with van der Waals surface area (Å²) < 4.78 is 44.0. The van der Waals surface area contributed by atoms with Gasteiger partial charge in [0.25, 0.3) is 0 Å². The first-order valence-electron chi connectivity index (χ1n) is 13.4. The molecule has 1 atom stereocenters. The van der Waals surface area contributed by atoms with Crippen molar-refractivity contribution in [1.29, 1.82) is 0 Å². The van der Waals surface area contributed by atoms with Gasteiger partial charge < -0.3 is 0 Å². The predicted molar refractivity (Wildman–Crippen MR) is 135 cm³/mol. The highest BCUT2D eigenvalue weighted by Crippen LogP contribution is 2.39. The topological polar surface area (TPSA) is 0 Å². The Hall–Kier alpha value is -2.03. The Kier molecular flexibility index (Phi) is 8.55. The van der Waals surface area contributed by atoms with E-state index in [0.717, 1.165) is 68.1 Å². The summed E-state index contributed by atoms with van der Waals surface area (Å²) in [5.41, 5.74) is 3.81. The zero-order chi connectivity index (χ0) is 24.1. The molecule has 0 amide bonds. The molecular formula is C31H39F3. The van der Waals surface area contributed by atoms with Crippen LogP contribution in [0, 0.1) is 29.3 Å². The molecule has 2 aromatic carbocycles. The van der Waals surface area contributed by atoms with E-state index in [1.807, 2.05) is 13.0 Å². The lowest BCUT2D eigenvalue weighted by Crippen LogP contribution is -2.15. The summed E-state index contributed by atoms with van der Waals surface area (Å²) in [6, 6.07) is 9.32. The standard InChI is InChI=1S/C31H39F3/c1-3-5-21-8-13-25(14-9-21)28-19-18-26(30(33)31(28)34)15-10-22-6-11-24(12-7-22)27-17-16-23(4-2)29(32)20-27/h13,16-22,24H,3-12,14-15H2,1-2H3. The molecule has 0 aromatic heterocycles. The summed E-state index contributed by atoms with van der Waals surface area (Å²) in [5.74, 6) is 0.201. The lowest BCUT2D eigenvalue weighted by molar-refractivity contribution is 0.308. The van der Waals surface area contributed by atoms with E-state index >= 15 is 0 Å². The van der Waals surface area contributed by atoms with Crippen molar-refractivity contribution in [3.8, 4) is 0 Å². The van der Waals surface area contributed by atoms with Crippen LogP contribution in [-0.4, -0.2) is 0 Å². The van der Waals surface area contributed by atoms with E-state index in [-0.39, 0.29) is 5.82 Å². The number of aryl methyl sites for hydroxylation is 2. The fourth-order valence-electron chi connectivity index (χ4n) is 6.08. The van der Waals surface area contributed by atoms with E-state index in [1.165, 1.54) is 12.8 Å². The Balaban J connectivity index is 1.31. The number of benzene rings is 2. The van der Waals surface area contributed by atoms with Gasteiger partial charge >= 0.3 is 0 Å². The van der Waals surface area contributed by atoms with Crippen LogP contribution in [0.15, 0.2) is 36.4 Å². The first kappa shape index (κ1) is 25.1. The number of halogens is 3. The molecule has 0 heterocycles. The minimum atomic E-state index is -0.668. The van der Waals surface area contributed by atoms with E-state index in [9.17, 15) is 13.2 Å². The maximum Gasteiger partial charge on any atom is 0.166 e. The quantitative estimate of drug-likeness (QED) is 0.362. The van der Waals surface area contributed by atoms with Gasteiger partial charge in [-0.3, -0.25) is 0 Å². The SMILES string of the molecule is CCCC1CC=C(c2ccc(CCC3CCC(c4ccc(CC)c(F)c4)CC3)c(F)c2F)CC1. The van der Waals surface area contributed by atoms with Gasteiger partial charge in [-0.15, -0.1) is 0 Å². The normalized spacial score (nSPS) is 23.1. The zero-order valence-electron chi connectivity index (χ0n) is 20.8. The van der Waals surface area contributed by atoms with Crippen molar-refractivity contribution in [3.63, 3.8) is 0 Å². The highest BCUT2D eigenvalue weighted by Gasteiger charge is 2.24. The first-order valence-corrected chi connectivity index (χ1v) is 13.4. The van der Waals surface area contributed by atoms with Crippen LogP contribution >= 0.6 is 0 Å². The molecule has 4 rings (SSSR count). The van der Waals surface area contributed by atoms with Gasteiger partial charge in [0.2, 0.25) is 0 Å². The zero-order valence-corrected chi connectivity index (χ0v) is 20.8. The molecule has 0 radical (unpaired) electrons. The van der Waals surface area contributed by atoms with Gasteiger partial charge in [0, 0.05) is 5.56 Å². The van der Waals surface area contributed by atoms with Gasteiger partial charge in [-0.2, -0.15) is 0 Å². The Morgan fingerprint density at radius 2 is 1.56 bits per heavy atom. The Morgan fingerprint density at radius 3 is 2.21 bits per heavy atom. The molecular weight excluding hydrogens is 429 g/mol. The molecule has 2 aliphatic carbocycles. The van der Waals surface area contributed by atoms with E-state index < -0.39 is 11.6 Å².